The molecule has 0 aliphatic heterocycles. The molecule has 0 spiro atoms. The van der Waals surface area contributed by atoms with Crippen LogP contribution in [-0.2, 0) is 0 Å². The lowest BCUT2D eigenvalue weighted by Crippen LogP contribution is -2.53. The van der Waals surface area contributed by atoms with E-state index < -0.39 is 6.17 Å². The van der Waals surface area contributed by atoms with Crippen molar-refractivity contribution in [2.24, 2.45) is 0 Å². The monoisotopic (exact) mass is 208 g/mol. The summed E-state index contributed by atoms with van der Waals surface area (Å²) in [5, 5.41) is 0. The molecule has 0 aromatic heterocycles. The minimum absolute atomic E-state index is 0.224. The molecule has 0 saturated heterocycles. The summed E-state index contributed by atoms with van der Waals surface area (Å²) in [5.41, 5.74) is 5.76. The van der Waals surface area contributed by atoms with Crippen molar-refractivity contribution in [3.05, 3.63) is 35.9 Å². The highest BCUT2D eigenvalue weighted by molar-refractivity contribution is 5.93. The van der Waals surface area contributed by atoms with E-state index >= 15 is 0 Å². The summed E-state index contributed by atoms with van der Waals surface area (Å²) in [5.74, 6) is -0.227. The molecule has 80 valence electrons. The Morgan fingerprint density at radius 3 is 2.53 bits per heavy atom. The number of hydrogen-bond donors (Lipinski definition) is 2. The Hall–Kier alpha value is -1.42. The summed E-state index contributed by atoms with van der Waals surface area (Å²) in [4.78, 5) is 11.5. The second-order valence-electron chi connectivity index (χ2n) is 3.66. The minimum Gasteiger partial charge on any atom is -0.287 e. The highest BCUT2D eigenvalue weighted by Crippen LogP contribution is 2.22. The first-order chi connectivity index (χ1) is 7.27. The van der Waals surface area contributed by atoms with Gasteiger partial charge in [0.2, 0.25) is 0 Å². The van der Waals surface area contributed by atoms with Gasteiger partial charge in [0.15, 0.2) is 0 Å². The van der Waals surface area contributed by atoms with Crippen LogP contribution in [0.5, 0.6) is 0 Å². The fourth-order valence-corrected chi connectivity index (χ4v) is 1.44. The van der Waals surface area contributed by atoms with Crippen LogP contribution in [-0.4, -0.2) is 18.1 Å². The van der Waals surface area contributed by atoms with Gasteiger partial charge in [0.25, 0.3) is 5.91 Å². The van der Waals surface area contributed by atoms with Gasteiger partial charge in [-0.05, 0) is 25.0 Å². The summed E-state index contributed by atoms with van der Waals surface area (Å²) in [6.07, 6.45) is 0.524. The maximum Gasteiger partial charge on any atom is 0.265 e. The van der Waals surface area contributed by atoms with Crippen LogP contribution in [0.15, 0.2) is 30.3 Å². The molecule has 0 bridgehead atoms. The number of benzene rings is 1. The van der Waals surface area contributed by atoms with Gasteiger partial charge in [-0.3, -0.25) is 10.2 Å². The molecule has 2 atom stereocenters. The van der Waals surface area contributed by atoms with Gasteiger partial charge in [-0.1, -0.05) is 18.2 Å². The van der Waals surface area contributed by atoms with E-state index in [-0.39, 0.29) is 11.9 Å². The molecule has 1 saturated carbocycles. The second-order valence-corrected chi connectivity index (χ2v) is 3.66. The molecule has 2 rings (SSSR count). The quantitative estimate of drug-likeness (QED) is 0.738. The summed E-state index contributed by atoms with van der Waals surface area (Å²) in [6.45, 7) is 0. The van der Waals surface area contributed by atoms with Gasteiger partial charge in [-0.15, -0.1) is 0 Å². The van der Waals surface area contributed by atoms with Crippen LogP contribution >= 0.6 is 0 Å². The molecule has 15 heavy (non-hydrogen) atoms. The Morgan fingerprint density at radius 2 is 2.00 bits per heavy atom. The third-order valence-corrected chi connectivity index (χ3v) is 2.60. The number of hydrogen-bond acceptors (Lipinski definition) is 2. The molecule has 2 N–H and O–H groups in total. The molecule has 0 unspecified atom stereocenters. The number of carbonyl (C=O) groups is 1. The zero-order valence-electron chi connectivity index (χ0n) is 8.24. The Balaban J connectivity index is 1.83. The van der Waals surface area contributed by atoms with Gasteiger partial charge in [0.1, 0.15) is 6.17 Å². The lowest BCUT2D eigenvalue weighted by Gasteiger charge is -2.31. The van der Waals surface area contributed by atoms with Crippen molar-refractivity contribution in [1.82, 2.24) is 10.9 Å². The van der Waals surface area contributed by atoms with Crippen molar-refractivity contribution in [2.75, 3.05) is 0 Å². The van der Waals surface area contributed by atoms with Crippen molar-refractivity contribution in [3.8, 4) is 0 Å². The van der Waals surface area contributed by atoms with Gasteiger partial charge < -0.3 is 0 Å². The average molecular weight is 208 g/mol. The predicted octanol–water partition coefficient (Wildman–Crippen LogP) is 1.42. The Kier molecular flexibility index (Phi) is 2.97. The zero-order chi connectivity index (χ0) is 10.7. The van der Waals surface area contributed by atoms with Crippen molar-refractivity contribution < 1.29 is 9.18 Å². The first-order valence-corrected chi connectivity index (χ1v) is 5.02. The van der Waals surface area contributed by atoms with Crippen molar-refractivity contribution >= 4 is 5.91 Å². The molecule has 1 amide bonds. The van der Waals surface area contributed by atoms with Crippen LogP contribution in [0, 0.1) is 0 Å². The molecule has 0 heterocycles. The van der Waals surface area contributed by atoms with E-state index in [0.717, 1.165) is 6.42 Å². The maximum atomic E-state index is 12.8. The molecule has 0 radical (unpaired) electrons. The fraction of sp³-hybridized carbons (Fsp3) is 0.364. The van der Waals surface area contributed by atoms with Crippen molar-refractivity contribution in [1.29, 1.82) is 0 Å². The number of halogens is 1. The summed E-state index contributed by atoms with van der Waals surface area (Å²) in [6, 6.07) is 8.62. The molecule has 1 aliphatic carbocycles. The molecule has 1 aromatic carbocycles. The van der Waals surface area contributed by atoms with Crippen molar-refractivity contribution in [2.45, 2.75) is 25.1 Å². The van der Waals surface area contributed by atoms with Crippen LogP contribution in [0.2, 0.25) is 0 Å². The summed E-state index contributed by atoms with van der Waals surface area (Å²) < 4.78 is 12.8. The first-order valence-electron chi connectivity index (χ1n) is 5.02. The Labute approximate surface area is 87.6 Å². The Morgan fingerprint density at radius 1 is 1.27 bits per heavy atom. The minimum atomic E-state index is -0.832. The van der Waals surface area contributed by atoms with Crippen LogP contribution in [0.1, 0.15) is 23.2 Å². The van der Waals surface area contributed by atoms with Crippen molar-refractivity contribution in [3.63, 3.8) is 0 Å². The predicted molar refractivity (Wildman–Crippen MR) is 55.0 cm³/mol. The number of rotatable bonds is 3. The third-order valence-electron chi connectivity index (χ3n) is 2.60. The van der Waals surface area contributed by atoms with E-state index in [1.807, 2.05) is 6.07 Å². The largest absolute Gasteiger partial charge is 0.287 e. The number of nitrogens with one attached hydrogen (secondary N) is 2. The number of hydrazine groups is 1. The molecule has 1 aromatic rings. The van der Waals surface area contributed by atoms with Gasteiger partial charge in [-0.25, -0.2) is 9.82 Å². The SMILES string of the molecule is O=C(NN[C@@H]1CC[C@@H]1F)c1ccccc1. The van der Waals surface area contributed by atoms with Crippen LogP contribution < -0.4 is 10.9 Å². The molecule has 4 heteroatoms. The van der Waals surface area contributed by atoms with E-state index in [0.29, 0.717) is 12.0 Å². The summed E-state index contributed by atoms with van der Waals surface area (Å²) in [7, 11) is 0. The normalized spacial score (nSPS) is 24.3. The highest BCUT2D eigenvalue weighted by atomic mass is 19.1. The van der Waals surface area contributed by atoms with Crippen LogP contribution in [0.3, 0.4) is 0 Å². The number of carbonyl (C=O) groups excluding carboxylic acids is 1. The highest BCUT2D eigenvalue weighted by Gasteiger charge is 2.30. The Bertz CT molecular complexity index is 342. The van der Waals surface area contributed by atoms with Gasteiger partial charge >= 0.3 is 0 Å². The smallest absolute Gasteiger partial charge is 0.265 e. The van der Waals surface area contributed by atoms with Gasteiger partial charge in [-0.2, -0.15) is 0 Å². The van der Waals surface area contributed by atoms with E-state index in [1.165, 1.54) is 0 Å². The lowest BCUT2D eigenvalue weighted by atomic mass is 9.91. The number of alkyl halides is 1. The molecular weight excluding hydrogens is 195 g/mol. The summed E-state index contributed by atoms with van der Waals surface area (Å²) >= 11 is 0. The van der Waals surface area contributed by atoms with E-state index in [9.17, 15) is 9.18 Å². The first kappa shape index (κ1) is 10.1. The number of amides is 1. The third kappa shape index (κ3) is 2.33. The maximum absolute atomic E-state index is 12.8. The second kappa shape index (κ2) is 4.40. The molecule has 3 nitrogen and oxygen atoms in total. The molecule has 1 fully saturated rings. The van der Waals surface area contributed by atoms with Gasteiger partial charge in [0, 0.05) is 5.56 Å². The lowest BCUT2D eigenvalue weighted by molar-refractivity contribution is 0.0852. The van der Waals surface area contributed by atoms with Crippen LogP contribution in [0.25, 0.3) is 0 Å². The van der Waals surface area contributed by atoms with E-state index in [2.05, 4.69) is 10.9 Å². The zero-order valence-corrected chi connectivity index (χ0v) is 8.24. The average Bonchev–Trinajstić information content (AvgIpc) is 2.28. The standard InChI is InChI=1S/C11H13FN2O/c12-9-6-7-10(9)13-14-11(15)8-4-2-1-3-5-8/h1-5,9-10,13H,6-7H2,(H,14,15)/t9-,10+/m0/s1. The van der Waals surface area contributed by atoms with Crippen LogP contribution in [0.4, 0.5) is 4.39 Å². The fourth-order valence-electron chi connectivity index (χ4n) is 1.44. The van der Waals surface area contributed by atoms with E-state index in [1.54, 1.807) is 24.3 Å². The van der Waals surface area contributed by atoms with Gasteiger partial charge in [0.05, 0.1) is 6.04 Å². The molecule has 1 aliphatic rings. The molecular formula is C11H13FN2O. The van der Waals surface area contributed by atoms with E-state index in [4.69, 9.17) is 0 Å². The topological polar surface area (TPSA) is 41.1 Å².